The van der Waals surface area contributed by atoms with Crippen molar-refractivity contribution in [2.75, 3.05) is 0 Å². The van der Waals surface area contributed by atoms with Crippen LogP contribution in [0.2, 0.25) is 0 Å². The third-order valence-electron chi connectivity index (χ3n) is 7.18. The number of hydrogen-bond donors (Lipinski definition) is 0. The van der Waals surface area contributed by atoms with Crippen LogP contribution in [0, 0.1) is 0 Å². The minimum atomic E-state index is 1.02. The first kappa shape index (κ1) is 23.6. The van der Waals surface area contributed by atoms with Gasteiger partial charge in [0.15, 0.2) is 0 Å². The van der Waals surface area contributed by atoms with Crippen molar-refractivity contribution in [3.8, 4) is 22.3 Å². The monoisotopic (exact) mass is 512 g/mol. The van der Waals surface area contributed by atoms with Crippen molar-refractivity contribution in [1.29, 1.82) is 0 Å². The van der Waals surface area contributed by atoms with Crippen LogP contribution in [0.5, 0.6) is 0 Å². The minimum Gasteiger partial charge on any atom is -0.256 e. The molecule has 0 atom stereocenters. The van der Waals surface area contributed by atoms with Crippen LogP contribution >= 0.6 is 0 Å². The highest BCUT2D eigenvalue weighted by Crippen LogP contribution is 2.33. The summed E-state index contributed by atoms with van der Waals surface area (Å²) in [6.07, 6.45) is 7.47. The van der Waals surface area contributed by atoms with Gasteiger partial charge in [0.1, 0.15) is 0 Å². The third kappa shape index (κ3) is 4.32. The number of fused-ring (bicyclic) bond motifs is 4. The summed E-state index contributed by atoms with van der Waals surface area (Å²) in [5, 5.41) is 4.69. The fraction of sp³-hybridized carbons (Fsp3) is 0. The number of nitrogens with zero attached hydrogens (tertiary/aromatic N) is 4. The highest BCUT2D eigenvalue weighted by Gasteiger charge is 2.09. The van der Waals surface area contributed by atoms with Gasteiger partial charge in [-0.05, 0) is 70.8 Å². The molecule has 0 aliphatic carbocycles. The summed E-state index contributed by atoms with van der Waals surface area (Å²) in [7, 11) is 0. The van der Waals surface area contributed by atoms with Gasteiger partial charge >= 0.3 is 0 Å². The molecular weight excluding hydrogens is 488 g/mol. The van der Waals surface area contributed by atoms with E-state index < -0.39 is 0 Å². The van der Waals surface area contributed by atoms with Gasteiger partial charge in [-0.1, -0.05) is 72.8 Å². The molecule has 4 heteroatoms. The normalized spacial score (nSPS) is 11.0. The van der Waals surface area contributed by atoms with Crippen molar-refractivity contribution in [3.05, 3.63) is 146 Å². The molecule has 8 aromatic rings. The molecule has 0 aliphatic heterocycles. The first-order valence-corrected chi connectivity index (χ1v) is 13.2. The average molecular weight is 513 g/mol. The minimum absolute atomic E-state index is 1.02. The van der Waals surface area contributed by atoms with Crippen LogP contribution in [0.1, 0.15) is 0 Å². The van der Waals surface area contributed by atoms with E-state index >= 15 is 0 Å². The maximum absolute atomic E-state index is 4.43. The predicted molar refractivity (Wildman–Crippen MR) is 165 cm³/mol. The smallest absolute Gasteiger partial charge is 0.0708 e. The van der Waals surface area contributed by atoms with Crippen LogP contribution in [0.3, 0.4) is 0 Å². The van der Waals surface area contributed by atoms with Crippen LogP contribution < -0.4 is 0 Å². The van der Waals surface area contributed by atoms with Crippen LogP contribution in [0.25, 0.3) is 65.9 Å². The van der Waals surface area contributed by atoms with Crippen LogP contribution in [0.15, 0.2) is 146 Å². The lowest BCUT2D eigenvalue weighted by Gasteiger charge is -2.09. The molecule has 0 radical (unpaired) electrons. The number of pyridine rings is 4. The summed E-state index contributed by atoms with van der Waals surface area (Å²) in [6, 6.07) is 41.2. The Morgan fingerprint density at radius 3 is 0.725 bits per heavy atom. The summed E-state index contributed by atoms with van der Waals surface area (Å²) in [6.45, 7) is 0. The highest BCUT2D eigenvalue weighted by molar-refractivity contribution is 6.04. The van der Waals surface area contributed by atoms with Crippen molar-refractivity contribution >= 4 is 43.6 Å². The molecule has 0 fully saturated rings. The lowest BCUT2D eigenvalue weighted by Crippen LogP contribution is -1.87. The van der Waals surface area contributed by atoms with E-state index in [0.29, 0.717) is 0 Å². The molecule has 0 bridgehead atoms. The number of para-hydroxylation sites is 4. The Hall–Kier alpha value is -5.48. The number of rotatable bonds is 2. The molecule has 40 heavy (non-hydrogen) atoms. The molecule has 8 rings (SSSR count). The summed E-state index contributed by atoms with van der Waals surface area (Å²) < 4.78 is 0. The van der Waals surface area contributed by atoms with Crippen LogP contribution in [-0.4, -0.2) is 19.9 Å². The standard InChI is InChI=1S/2C18H12N2/c2*1-3-7-17-15(5-1)13(9-11-19-17)14-10-12-20-18-8-4-2-6-16(14)18/h2*1-12H. The van der Waals surface area contributed by atoms with E-state index in [1.807, 2.05) is 73.3 Å². The second-order valence-electron chi connectivity index (χ2n) is 9.50. The largest absolute Gasteiger partial charge is 0.256 e. The fourth-order valence-electron chi connectivity index (χ4n) is 5.32. The van der Waals surface area contributed by atoms with E-state index in [-0.39, 0.29) is 0 Å². The summed E-state index contributed by atoms with van der Waals surface area (Å²) >= 11 is 0. The Morgan fingerprint density at radius 2 is 0.475 bits per heavy atom. The van der Waals surface area contributed by atoms with Gasteiger partial charge in [0, 0.05) is 46.3 Å². The predicted octanol–water partition coefficient (Wildman–Crippen LogP) is 8.90. The molecule has 0 amide bonds. The second-order valence-corrected chi connectivity index (χ2v) is 9.50. The quantitative estimate of drug-likeness (QED) is 0.232. The molecule has 0 aliphatic rings. The molecule has 0 saturated carbocycles. The van der Waals surface area contributed by atoms with Crippen molar-refractivity contribution in [2.45, 2.75) is 0 Å². The molecule has 0 spiro atoms. The van der Waals surface area contributed by atoms with Crippen LogP contribution in [0.4, 0.5) is 0 Å². The summed E-state index contributed by atoms with van der Waals surface area (Å²) in [5.41, 5.74) is 8.89. The third-order valence-corrected chi connectivity index (χ3v) is 7.18. The number of hydrogen-bond acceptors (Lipinski definition) is 4. The molecule has 0 saturated heterocycles. The van der Waals surface area contributed by atoms with Gasteiger partial charge in [-0.3, -0.25) is 19.9 Å². The zero-order valence-corrected chi connectivity index (χ0v) is 21.6. The SMILES string of the molecule is c1ccc2c(-c3ccnc4ccccc34)ccnc2c1.c1ccc2c(-c3ccnc4ccccc34)ccnc2c1. The fourth-order valence-corrected chi connectivity index (χ4v) is 5.32. The number of benzene rings is 4. The molecule has 0 unspecified atom stereocenters. The molecule has 0 N–H and O–H groups in total. The Kier molecular flexibility index (Phi) is 6.11. The van der Waals surface area contributed by atoms with Gasteiger partial charge in [0.25, 0.3) is 0 Å². The van der Waals surface area contributed by atoms with Crippen molar-refractivity contribution in [1.82, 2.24) is 19.9 Å². The Morgan fingerprint density at radius 1 is 0.250 bits per heavy atom. The lowest BCUT2D eigenvalue weighted by atomic mass is 9.98. The number of aromatic nitrogens is 4. The van der Waals surface area contributed by atoms with Crippen molar-refractivity contribution in [2.24, 2.45) is 0 Å². The first-order valence-electron chi connectivity index (χ1n) is 13.2. The van der Waals surface area contributed by atoms with Crippen molar-refractivity contribution in [3.63, 3.8) is 0 Å². The van der Waals surface area contributed by atoms with Gasteiger partial charge in [-0.15, -0.1) is 0 Å². The Bertz CT molecular complexity index is 1800. The lowest BCUT2D eigenvalue weighted by molar-refractivity contribution is 1.39. The molecule has 4 heterocycles. The van der Waals surface area contributed by atoms with Gasteiger partial charge in [0.2, 0.25) is 0 Å². The van der Waals surface area contributed by atoms with Crippen LogP contribution in [-0.2, 0) is 0 Å². The van der Waals surface area contributed by atoms with E-state index in [0.717, 1.165) is 22.1 Å². The topological polar surface area (TPSA) is 51.6 Å². The zero-order valence-electron chi connectivity index (χ0n) is 21.6. The van der Waals surface area contributed by atoms with E-state index in [9.17, 15) is 0 Å². The second kappa shape index (κ2) is 10.4. The molecule has 4 nitrogen and oxygen atoms in total. The first-order chi connectivity index (χ1) is 19.9. The Labute approximate surface area is 231 Å². The zero-order chi connectivity index (χ0) is 26.7. The Balaban J connectivity index is 0.000000132. The van der Waals surface area contributed by atoms with E-state index in [2.05, 4.69) is 92.7 Å². The maximum Gasteiger partial charge on any atom is 0.0708 e. The molecule has 4 aromatic carbocycles. The molecule has 4 aromatic heterocycles. The molecular formula is C36H24N4. The van der Waals surface area contributed by atoms with Gasteiger partial charge < -0.3 is 0 Å². The van der Waals surface area contributed by atoms with Gasteiger partial charge in [-0.25, -0.2) is 0 Å². The maximum atomic E-state index is 4.43. The highest BCUT2D eigenvalue weighted by atomic mass is 14.7. The van der Waals surface area contributed by atoms with Gasteiger partial charge in [-0.2, -0.15) is 0 Å². The van der Waals surface area contributed by atoms with E-state index in [4.69, 9.17) is 0 Å². The van der Waals surface area contributed by atoms with E-state index in [1.54, 1.807) is 0 Å². The van der Waals surface area contributed by atoms with Gasteiger partial charge in [0.05, 0.1) is 22.1 Å². The van der Waals surface area contributed by atoms with Crippen molar-refractivity contribution < 1.29 is 0 Å². The summed E-state index contributed by atoms with van der Waals surface area (Å²) in [5.74, 6) is 0. The summed E-state index contributed by atoms with van der Waals surface area (Å²) in [4.78, 5) is 17.7. The van der Waals surface area contributed by atoms with E-state index in [1.165, 1.54) is 43.8 Å². The average Bonchev–Trinajstić information content (AvgIpc) is 3.04. The molecule has 188 valence electrons.